The van der Waals surface area contributed by atoms with E-state index in [1.807, 2.05) is 24.3 Å². The number of rotatable bonds is 16. The monoisotopic (exact) mass is 651 g/mol. The molecule has 14 nitrogen and oxygen atoms in total. The zero-order valence-corrected chi connectivity index (χ0v) is 27.8. The summed E-state index contributed by atoms with van der Waals surface area (Å²) in [5, 5.41) is 5.80. The molecule has 0 aliphatic carbocycles. The Hall–Kier alpha value is -3.36. The molecule has 0 fully saturated rings. The van der Waals surface area contributed by atoms with Crippen LogP contribution in [0.15, 0.2) is 24.3 Å². The Bertz CT molecular complexity index is 1520. The average molecular weight is 652 g/mol. The van der Waals surface area contributed by atoms with Gasteiger partial charge in [0.15, 0.2) is 16.2 Å². The summed E-state index contributed by atoms with van der Waals surface area (Å²) in [6, 6.07) is 5.65. The number of benzene rings is 1. The van der Waals surface area contributed by atoms with Crippen molar-refractivity contribution in [2.75, 3.05) is 26.1 Å². The van der Waals surface area contributed by atoms with E-state index in [1.165, 1.54) is 0 Å². The Morgan fingerprint density at radius 3 is 2.16 bits per heavy atom. The third kappa shape index (κ3) is 9.83. The molecule has 2 heterocycles. The second kappa shape index (κ2) is 15.6. The minimum absolute atomic E-state index is 0.0225. The van der Waals surface area contributed by atoms with Crippen LogP contribution in [0.5, 0.6) is 6.01 Å². The number of hydrogen-bond donors (Lipinski definition) is 4. The maximum absolute atomic E-state index is 14.3. The van der Waals surface area contributed by atoms with Gasteiger partial charge in [-0.05, 0) is 64.9 Å². The SMILES string of the molecule is COCCOc1nc(N)c2[nH]c(=S)n(Cc3cccc(CP(=O)(NC(C)C(=O)OC(C)C)NC(C)C(=O)OC(C)C)c3)c2n1. The van der Waals surface area contributed by atoms with Crippen molar-refractivity contribution in [3.63, 3.8) is 0 Å². The molecule has 0 spiro atoms. The molecule has 0 radical (unpaired) electrons. The van der Waals surface area contributed by atoms with Crippen molar-refractivity contribution in [3.8, 4) is 6.01 Å². The number of fused-ring (bicyclic) bond motifs is 1. The normalized spacial score (nSPS) is 14.4. The molecule has 5 N–H and O–H groups in total. The van der Waals surface area contributed by atoms with E-state index in [1.54, 1.807) is 53.2 Å². The molecular formula is C28H42N7O7PS. The quantitative estimate of drug-likeness (QED) is 0.0761. The van der Waals surface area contributed by atoms with E-state index in [4.69, 9.17) is 36.9 Å². The molecule has 3 rings (SSSR count). The summed E-state index contributed by atoms with van der Waals surface area (Å²) in [6.07, 6.45) is -0.716. The number of carbonyl (C=O) groups excluding carboxylic acids is 2. The zero-order valence-electron chi connectivity index (χ0n) is 26.1. The molecule has 0 saturated carbocycles. The van der Waals surface area contributed by atoms with E-state index in [9.17, 15) is 14.2 Å². The summed E-state index contributed by atoms with van der Waals surface area (Å²) in [6.45, 7) is 11.0. The zero-order chi connectivity index (χ0) is 32.6. The number of aromatic nitrogens is 4. The number of hydrogen-bond acceptors (Lipinski definition) is 11. The topological polar surface area (TPSA) is 185 Å². The van der Waals surface area contributed by atoms with E-state index in [-0.39, 0.29) is 36.8 Å². The number of nitrogen functional groups attached to an aromatic ring is 1. The molecule has 0 saturated heterocycles. The van der Waals surface area contributed by atoms with Crippen LogP contribution in [-0.4, -0.2) is 76.1 Å². The van der Waals surface area contributed by atoms with E-state index in [0.717, 1.165) is 5.56 Å². The van der Waals surface area contributed by atoms with Crippen LogP contribution in [0, 0.1) is 4.77 Å². The first kappa shape index (κ1) is 35.1. The molecule has 0 bridgehead atoms. The van der Waals surface area contributed by atoms with Gasteiger partial charge in [0.1, 0.15) is 24.2 Å². The van der Waals surface area contributed by atoms with Gasteiger partial charge in [-0.3, -0.25) is 18.7 Å². The van der Waals surface area contributed by atoms with Gasteiger partial charge in [-0.15, -0.1) is 0 Å². The van der Waals surface area contributed by atoms with E-state index in [0.29, 0.717) is 34.7 Å². The highest BCUT2D eigenvalue weighted by Gasteiger charge is 2.32. The first-order valence-corrected chi connectivity index (χ1v) is 16.5. The second-order valence-electron chi connectivity index (χ2n) is 10.8. The lowest BCUT2D eigenvalue weighted by molar-refractivity contribution is -0.149. The minimum atomic E-state index is -3.61. The number of nitrogens with zero attached hydrogens (tertiary/aromatic N) is 3. The third-order valence-corrected chi connectivity index (χ3v) is 8.84. The van der Waals surface area contributed by atoms with Gasteiger partial charge in [0.25, 0.3) is 0 Å². The van der Waals surface area contributed by atoms with Crippen LogP contribution in [0.2, 0.25) is 0 Å². The molecule has 44 heavy (non-hydrogen) atoms. The Morgan fingerprint density at radius 2 is 1.59 bits per heavy atom. The lowest BCUT2D eigenvalue weighted by Gasteiger charge is -2.27. The molecular weight excluding hydrogens is 609 g/mol. The summed E-state index contributed by atoms with van der Waals surface area (Å²) in [4.78, 5) is 36.9. The number of imidazole rings is 1. The highest BCUT2D eigenvalue weighted by Crippen LogP contribution is 2.42. The molecule has 242 valence electrons. The number of nitrogens with two attached hydrogens (primary N) is 1. The van der Waals surface area contributed by atoms with Crippen LogP contribution in [-0.2, 0) is 41.1 Å². The van der Waals surface area contributed by atoms with E-state index < -0.39 is 31.5 Å². The summed E-state index contributed by atoms with van der Waals surface area (Å²) in [5.74, 6) is -0.934. The van der Waals surface area contributed by atoms with Crippen molar-refractivity contribution in [2.24, 2.45) is 0 Å². The van der Waals surface area contributed by atoms with Crippen molar-refractivity contribution in [2.45, 2.75) is 78.5 Å². The Balaban J connectivity index is 1.90. The molecule has 3 aromatic rings. The Labute approximate surface area is 261 Å². The highest BCUT2D eigenvalue weighted by molar-refractivity contribution is 7.71. The molecule has 0 aliphatic heterocycles. The van der Waals surface area contributed by atoms with Gasteiger partial charge in [0.05, 0.1) is 31.5 Å². The largest absolute Gasteiger partial charge is 0.462 e. The van der Waals surface area contributed by atoms with Gasteiger partial charge >= 0.3 is 17.9 Å². The summed E-state index contributed by atoms with van der Waals surface area (Å²) in [7, 11) is -2.05. The number of nitrogens with one attached hydrogen (secondary N) is 3. The number of aromatic amines is 1. The predicted octanol–water partition coefficient (Wildman–Crippen LogP) is 3.70. The number of ether oxygens (including phenoxy) is 4. The van der Waals surface area contributed by atoms with Crippen LogP contribution in [0.25, 0.3) is 11.2 Å². The third-order valence-electron chi connectivity index (χ3n) is 6.10. The fourth-order valence-corrected chi connectivity index (χ4v) is 6.94. The number of methoxy groups -OCH3 is 1. The van der Waals surface area contributed by atoms with Gasteiger partial charge in [-0.2, -0.15) is 9.97 Å². The number of anilines is 1. The van der Waals surface area contributed by atoms with Crippen molar-refractivity contribution in [3.05, 3.63) is 40.2 Å². The Morgan fingerprint density at radius 1 is 1.00 bits per heavy atom. The van der Waals surface area contributed by atoms with Gasteiger partial charge < -0.3 is 29.7 Å². The summed E-state index contributed by atoms with van der Waals surface area (Å²) >= 11 is 5.56. The molecule has 1 aromatic carbocycles. The first-order chi connectivity index (χ1) is 20.7. The number of esters is 2. The molecule has 0 aliphatic rings. The van der Waals surface area contributed by atoms with Crippen molar-refractivity contribution >= 4 is 48.6 Å². The maximum Gasteiger partial charge on any atom is 0.323 e. The van der Waals surface area contributed by atoms with E-state index in [2.05, 4.69) is 25.1 Å². The van der Waals surface area contributed by atoms with E-state index >= 15 is 0 Å². The minimum Gasteiger partial charge on any atom is -0.462 e. The van der Waals surface area contributed by atoms with Gasteiger partial charge in [0, 0.05) is 7.11 Å². The molecule has 2 atom stereocenters. The summed E-state index contributed by atoms with van der Waals surface area (Å²) in [5.41, 5.74) is 8.59. The van der Waals surface area contributed by atoms with Gasteiger partial charge in [-0.25, -0.2) is 10.2 Å². The van der Waals surface area contributed by atoms with Crippen LogP contribution in [0.4, 0.5) is 5.82 Å². The fraction of sp³-hybridized carbons (Fsp3) is 0.536. The van der Waals surface area contributed by atoms with Crippen LogP contribution < -0.4 is 20.6 Å². The first-order valence-electron chi connectivity index (χ1n) is 14.2. The standard InChI is InChI=1S/C28H42N7O7PS/c1-16(2)41-25(36)18(5)33-43(38,34-19(6)26(37)42-17(3)4)15-21-10-8-9-20(13-21)14-35-24-22(30-28(35)44)23(29)31-27(32-24)40-12-11-39-7/h8-10,13,16-19H,11-12,14-15H2,1-7H3,(H,30,44)(H2,29,31,32)(H2,33,34,38). The van der Waals surface area contributed by atoms with Crippen LogP contribution in [0.3, 0.4) is 0 Å². The lowest BCUT2D eigenvalue weighted by Crippen LogP contribution is -2.42. The number of H-pyrrole nitrogens is 1. The fourth-order valence-electron chi connectivity index (χ4n) is 4.25. The number of carbonyl (C=O) groups is 2. The second-order valence-corrected chi connectivity index (χ2v) is 13.5. The lowest BCUT2D eigenvalue weighted by atomic mass is 10.1. The van der Waals surface area contributed by atoms with Gasteiger partial charge in [0.2, 0.25) is 7.44 Å². The average Bonchev–Trinajstić information content (AvgIpc) is 3.23. The predicted molar refractivity (Wildman–Crippen MR) is 169 cm³/mol. The highest BCUT2D eigenvalue weighted by atomic mass is 32.1. The van der Waals surface area contributed by atoms with Crippen molar-refractivity contribution in [1.29, 1.82) is 0 Å². The molecule has 2 unspecified atom stereocenters. The van der Waals surface area contributed by atoms with Crippen molar-refractivity contribution in [1.82, 2.24) is 29.7 Å². The van der Waals surface area contributed by atoms with Crippen LogP contribution in [0.1, 0.15) is 52.7 Å². The molecule has 16 heteroatoms. The maximum atomic E-state index is 14.3. The smallest absolute Gasteiger partial charge is 0.323 e. The van der Waals surface area contributed by atoms with Crippen LogP contribution >= 0.6 is 19.7 Å². The Kier molecular flexibility index (Phi) is 12.4. The molecule has 2 aromatic heterocycles. The summed E-state index contributed by atoms with van der Waals surface area (Å²) < 4.78 is 37.6. The van der Waals surface area contributed by atoms with Gasteiger partial charge in [-0.1, -0.05) is 24.3 Å². The molecule has 0 amide bonds. The van der Waals surface area contributed by atoms with Crippen molar-refractivity contribution < 1.29 is 33.1 Å².